The summed E-state index contributed by atoms with van der Waals surface area (Å²) in [4.78, 5) is 38.9. The van der Waals surface area contributed by atoms with Crippen molar-refractivity contribution in [3.8, 4) is 0 Å². The van der Waals surface area contributed by atoms with Crippen molar-refractivity contribution in [3.05, 3.63) is 12.7 Å². The Morgan fingerprint density at radius 1 is 1.30 bits per heavy atom. The Bertz CT molecular complexity index is 374. The zero-order valence-corrected chi connectivity index (χ0v) is 12.4. The van der Waals surface area contributed by atoms with Crippen LogP contribution in [0.4, 0.5) is 0 Å². The van der Waals surface area contributed by atoms with Crippen molar-refractivity contribution >= 4 is 19.5 Å². The van der Waals surface area contributed by atoms with Gasteiger partial charge in [0.2, 0.25) is 0 Å². The average Bonchev–Trinajstić information content (AvgIpc) is 2.31. The lowest BCUT2D eigenvalue weighted by Crippen LogP contribution is -2.13. The first-order valence-electron chi connectivity index (χ1n) is 6.28. The van der Waals surface area contributed by atoms with Crippen molar-refractivity contribution < 1.29 is 33.4 Å². The van der Waals surface area contributed by atoms with Gasteiger partial charge in [-0.2, -0.15) is 0 Å². The molecule has 0 aromatic rings. The number of esters is 2. The molecule has 0 bridgehead atoms. The Balaban J connectivity index is 3.54. The number of hydrogen-bond acceptors (Lipinski definition) is 5. The van der Waals surface area contributed by atoms with Gasteiger partial charge in [-0.1, -0.05) is 6.58 Å². The van der Waals surface area contributed by atoms with E-state index in [-0.39, 0.29) is 12.7 Å². The van der Waals surface area contributed by atoms with Crippen molar-refractivity contribution in [3.63, 3.8) is 0 Å². The van der Waals surface area contributed by atoms with Gasteiger partial charge in [0.25, 0.3) is 0 Å². The van der Waals surface area contributed by atoms with E-state index in [9.17, 15) is 14.2 Å². The van der Waals surface area contributed by atoms with Crippen molar-refractivity contribution in [2.75, 3.05) is 12.8 Å². The minimum absolute atomic E-state index is 0.125. The lowest BCUT2D eigenvalue weighted by atomic mass is 10.1. The minimum Gasteiger partial charge on any atom is -0.465 e. The van der Waals surface area contributed by atoms with Crippen LogP contribution >= 0.6 is 7.60 Å². The van der Waals surface area contributed by atoms with Crippen molar-refractivity contribution in [2.24, 2.45) is 0 Å². The Hall–Kier alpha value is -1.17. The average molecular weight is 308 g/mol. The van der Waals surface area contributed by atoms with E-state index in [1.54, 1.807) is 6.92 Å². The third-order valence-corrected chi connectivity index (χ3v) is 3.01. The largest absolute Gasteiger partial charge is 0.465 e. The predicted molar refractivity (Wildman–Crippen MR) is 72.1 cm³/mol. The summed E-state index contributed by atoms with van der Waals surface area (Å²) in [6.45, 7) is 5.20. The first-order chi connectivity index (χ1) is 9.24. The Labute approximate surface area is 118 Å². The summed E-state index contributed by atoms with van der Waals surface area (Å²) in [5, 5.41) is 0. The second-order valence-corrected chi connectivity index (χ2v) is 5.99. The van der Waals surface area contributed by atoms with Gasteiger partial charge >= 0.3 is 19.5 Å². The number of ether oxygens (including phenoxy) is 2. The van der Waals surface area contributed by atoms with Gasteiger partial charge in [0, 0.05) is 6.08 Å². The summed E-state index contributed by atoms with van der Waals surface area (Å²) in [5.74, 6) is -1.35. The fraction of sp³-hybridized carbons (Fsp3) is 0.667. The number of carbonyl (C=O) groups excluding carboxylic acids is 2. The molecule has 0 radical (unpaired) electrons. The summed E-state index contributed by atoms with van der Waals surface area (Å²) >= 11 is 0. The first-order valence-corrected chi connectivity index (χ1v) is 8.07. The molecule has 0 amide bonds. The van der Waals surface area contributed by atoms with Crippen LogP contribution in [0.5, 0.6) is 0 Å². The van der Waals surface area contributed by atoms with Gasteiger partial charge in [0.1, 0.15) is 6.16 Å². The number of carbonyl (C=O) groups is 2. The molecule has 20 heavy (non-hydrogen) atoms. The minimum atomic E-state index is -4.34. The Morgan fingerprint density at radius 2 is 1.95 bits per heavy atom. The van der Waals surface area contributed by atoms with Gasteiger partial charge < -0.3 is 19.3 Å². The van der Waals surface area contributed by atoms with E-state index in [1.165, 1.54) is 0 Å². The molecule has 7 nitrogen and oxygen atoms in total. The molecule has 116 valence electrons. The molecule has 0 spiro atoms. The van der Waals surface area contributed by atoms with Crippen LogP contribution in [0.15, 0.2) is 12.7 Å². The Morgan fingerprint density at radius 3 is 2.50 bits per heavy atom. The third kappa shape index (κ3) is 11.9. The molecule has 0 rings (SSSR count). The third-order valence-electron chi connectivity index (χ3n) is 2.34. The molecule has 8 heteroatoms. The maximum Gasteiger partial charge on any atom is 0.336 e. The van der Waals surface area contributed by atoms with Crippen molar-refractivity contribution in [1.82, 2.24) is 0 Å². The second-order valence-electron chi connectivity index (χ2n) is 4.34. The molecule has 0 aromatic heterocycles. The standard InChI is InChI=1S/C12H21O7P/c1-3-11(13)19-10(2)7-5-4-6-8-18-12(14)9-20(15,16)17/h3,10H,1,4-9H2,2H3,(H2,15,16,17). The van der Waals surface area contributed by atoms with Gasteiger partial charge in [-0.15, -0.1) is 0 Å². The summed E-state index contributed by atoms with van der Waals surface area (Å²) < 4.78 is 20.2. The van der Waals surface area contributed by atoms with Gasteiger partial charge in [-0.3, -0.25) is 9.36 Å². The molecule has 0 heterocycles. The van der Waals surface area contributed by atoms with Crippen LogP contribution in [-0.2, 0) is 23.6 Å². The van der Waals surface area contributed by atoms with E-state index in [0.717, 1.165) is 18.9 Å². The number of rotatable bonds is 10. The lowest BCUT2D eigenvalue weighted by Gasteiger charge is -2.11. The predicted octanol–water partition coefficient (Wildman–Crippen LogP) is 1.39. The van der Waals surface area contributed by atoms with E-state index >= 15 is 0 Å². The quantitative estimate of drug-likeness (QED) is 0.271. The SMILES string of the molecule is C=CC(=O)OC(C)CCCCCOC(=O)CP(=O)(O)O. The van der Waals surface area contributed by atoms with Gasteiger partial charge in [0.15, 0.2) is 0 Å². The topological polar surface area (TPSA) is 110 Å². The van der Waals surface area contributed by atoms with Crippen LogP contribution in [0.25, 0.3) is 0 Å². The molecule has 0 aliphatic heterocycles. The van der Waals surface area contributed by atoms with Gasteiger partial charge in [0.05, 0.1) is 12.7 Å². The highest BCUT2D eigenvalue weighted by atomic mass is 31.2. The molecule has 0 aliphatic rings. The molecule has 0 saturated heterocycles. The van der Waals surface area contributed by atoms with E-state index < -0.39 is 25.7 Å². The first kappa shape index (κ1) is 18.8. The molecular formula is C12H21O7P. The van der Waals surface area contributed by atoms with Crippen LogP contribution in [0.2, 0.25) is 0 Å². The molecule has 1 unspecified atom stereocenters. The van der Waals surface area contributed by atoms with E-state index in [2.05, 4.69) is 11.3 Å². The van der Waals surface area contributed by atoms with Crippen LogP contribution < -0.4 is 0 Å². The van der Waals surface area contributed by atoms with E-state index in [4.69, 9.17) is 14.5 Å². The fourth-order valence-corrected chi connectivity index (χ4v) is 1.84. The highest BCUT2D eigenvalue weighted by molar-refractivity contribution is 7.52. The number of unbranched alkanes of at least 4 members (excludes halogenated alkanes) is 2. The van der Waals surface area contributed by atoms with Crippen LogP contribution in [0.1, 0.15) is 32.6 Å². The Kier molecular flexibility index (Phi) is 9.12. The highest BCUT2D eigenvalue weighted by Crippen LogP contribution is 2.33. The monoisotopic (exact) mass is 308 g/mol. The van der Waals surface area contributed by atoms with Gasteiger partial charge in [-0.05, 0) is 32.6 Å². The zero-order chi connectivity index (χ0) is 15.6. The summed E-state index contributed by atoms with van der Waals surface area (Å²) in [6, 6.07) is 0. The van der Waals surface area contributed by atoms with Gasteiger partial charge in [-0.25, -0.2) is 4.79 Å². The molecule has 0 fully saturated rings. The smallest absolute Gasteiger partial charge is 0.336 e. The van der Waals surface area contributed by atoms with Crippen molar-refractivity contribution in [2.45, 2.75) is 38.7 Å². The molecule has 1 atom stereocenters. The van der Waals surface area contributed by atoms with Crippen molar-refractivity contribution in [1.29, 1.82) is 0 Å². The summed E-state index contributed by atoms with van der Waals surface area (Å²) in [6.07, 6.45) is 2.86. The van der Waals surface area contributed by atoms with Crippen LogP contribution in [-0.4, -0.2) is 40.6 Å². The molecule has 2 N–H and O–H groups in total. The zero-order valence-electron chi connectivity index (χ0n) is 11.5. The van der Waals surface area contributed by atoms with Crippen LogP contribution in [0.3, 0.4) is 0 Å². The molecule has 0 aromatic carbocycles. The normalized spacial score (nSPS) is 12.6. The fourth-order valence-electron chi connectivity index (χ4n) is 1.42. The van der Waals surface area contributed by atoms with Crippen LogP contribution in [0, 0.1) is 0 Å². The lowest BCUT2D eigenvalue weighted by molar-refractivity contribution is -0.143. The molecule has 0 aliphatic carbocycles. The molecule has 0 saturated carbocycles. The van der Waals surface area contributed by atoms with E-state index in [0.29, 0.717) is 12.8 Å². The summed E-state index contributed by atoms with van der Waals surface area (Å²) in [5.41, 5.74) is 0. The maximum atomic E-state index is 11.0. The second kappa shape index (κ2) is 9.69. The number of hydrogen-bond donors (Lipinski definition) is 2. The molecular weight excluding hydrogens is 287 g/mol. The highest BCUT2D eigenvalue weighted by Gasteiger charge is 2.19. The maximum absolute atomic E-state index is 11.0. The summed E-state index contributed by atoms with van der Waals surface area (Å²) in [7, 11) is -4.34. The van der Waals surface area contributed by atoms with E-state index in [1.807, 2.05) is 0 Å².